The third-order valence-electron chi connectivity index (χ3n) is 4.02. The van der Waals surface area contributed by atoms with Crippen LogP contribution in [-0.2, 0) is 0 Å². The van der Waals surface area contributed by atoms with Crippen molar-refractivity contribution < 1.29 is 9.47 Å². The molecular formula is C15H18N2O2. The third kappa shape index (κ3) is 2.52. The molecule has 0 aromatic heterocycles. The summed E-state index contributed by atoms with van der Waals surface area (Å²) in [5.41, 5.74) is 0.592. The molecule has 0 amide bonds. The van der Waals surface area contributed by atoms with Gasteiger partial charge in [-0.25, -0.2) is 0 Å². The maximum absolute atomic E-state index is 8.89. The number of piperidine rings is 1. The fourth-order valence-electron chi connectivity index (χ4n) is 3.12. The fourth-order valence-corrected chi connectivity index (χ4v) is 3.12. The van der Waals surface area contributed by atoms with Crippen LogP contribution in [0.4, 0.5) is 0 Å². The molecule has 2 saturated heterocycles. The van der Waals surface area contributed by atoms with Gasteiger partial charge in [-0.15, -0.1) is 0 Å². The topological polar surface area (TPSA) is 54.3 Å². The van der Waals surface area contributed by atoms with Gasteiger partial charge >= 0.3 is 0 Å². The van der Waals surface area contributed by atoms with E-state index in [1.807, 2.05) is 6.07 Å². The lowest BCUT2D eigenvalue weighted by Crippen LogP contribution is -2.42. The molecule has 4 nitrogen and oxygen atoms in total. The molecule has 2 atom stereocenters. The first-order valence-electron chi connectivity index (χ1n) is 6.79. The van der Waals surface area contributed by atoms with Gasteiger partial charge in [0.05, 0.1) is 18.7 Å². The molecule has 2 bridgehead atoms. The van der Waals surface area contributed by atoms with Crippen molar-refractivity contribution in [2.45, 2.75) is 43.9 Å². The highest BCUT2D eigenvalue weighted by Crippen LogP contribution is 2.33. The Hall–Kier alpha value is -1.73. The first-order valence-corrected chi connectivity index (χ1v) is 6.79. The average molecular weight is 258 g/mol. The normalized spacial score (nSPS) is 28.7. The number of benzene rings is 1. The highest BCUT2D eigenvalue weighted by molar-refractivity contribution is 5.46. The molecule has 19 heavy (non-hydrogen) atoms. The van der Waals surface area contributed by atoms with E-state index in [0.717, 1.165) is 18.6 Å². The zero-order valence-electron chi connectivity index (χ0n) is 11.1. The van der Waals surface area contributed by atoms with E-state index in [2.05, 4.69) is 11.4 Å². The van der Waals surface area contributed by atoms with E-state index in [1.165, 1.54) is 12.8 Å². The summed E-state index contributed by atoms with van der Waals surface area (Å²) < 4.78 is 11.4. The molecule has 0 radical (unpaired) electrons. The minimum absolute atomic E-state index is 0.251. The lowest BCUT2D eigenvalue weighted by Gasteiger charge is -2.29. The van der Waals surface area contributed by atoms with Crippen LogP contribution < -0.4 is 14.8 Å². The summed E-state index contributed by atoms with van der Waals surface area (Å²) in [6.07, 6.45) is 4.88. The Morgan fingerprint density at radius 2 is 1.95 bits per heavy atom. The number of rotatable bonds is 3. The highest BCUT2D eigenvalue weighted by atomic mass is 16.5. The lowest BCUT2D eigenvalue weighted by atomic mass is 10.0. The van der Waals surface area contributed by atoms with E-state index in [0.29, 0.717) is 23.4 Å². The first-order chi connectivity index (χ1) is 9.28. The lowest BCUT2D eigenvalue weighted by molar-refractivity contribution is 0.133. The zero-order valence-corrected chi connectivity index (χ0v) is 11.1. The van der Waals surface area contributed by atoms with E-state index in [1.54, 1.807) is 19.2 Å². The van der Waals surface area contributed by atoms with Gasteiger partial charge in [0.2, 0.25) is 0 Å². The van der Waals surface area contributed by atoms with Crippen molar-refractivity contribution in [1.29, 1.82) is 5.26 Å². The maximum Gasteiger partial charge on any atom is 0.162 e. The summed E-state index contributed by atoms with van der Waals surface area (Å²) in [4.78, 5) is 0. The molecular weight excluding hydrogens is 240 g/mol. The van der Waals surface area contributed by atoms with E-state index >= 15 is 0 Å². The Balaban J connectivity index is 1.74. The first kappa shape index (κ1) is 12.3. The van der Waals surface area contributed by atoms with Crippen LogP contribution in [0.5, 0.6) is 11.5 Å². The van der Waals surface area contributed by atoms with Crippen LogP contribution in [0.1, 0.15) is 31.2 Å². The standard InChI is InChI=1S/C15H18N2O2/c1-18-15-6-10(9-16)2-5-14(15)19-13-7-11-3-4-12(8-13)17-11/h2,5-6,11-13,17H,3-4,7-8H2,1H3. The molecule has 3 rings (SSSR count). The monoisotopic (exact) mass is 258 g/mol. The molecule has 100 valence electrons. The van der Waals surface area contributed by atoms with Gasteiger partial charge in [0, 0.05) is 18.2 Å². The zero-order chi connectivity index (χ0) is 13.2. The molecule has 4 heteroatoms. The van der Waals surface area contributed by atoms with Gasteiger partial charge in [-0.3, -0.25) is 0 Å². The average Bonchev–Trinajstić information content (AvgIpc) is 2.78. The Bertz CT molecular complexity index is 497. The van der Waals surface area contributed by atoms with Crippen molar-refractivity contribution in [2.75, 3.05) is 7.11 Å². The van der Waals surface area contributed by atoms with Gasteiger partial charge in [0.25, 0.3) is 0 Å². The number of hydrogen-bond donors (Lipinski definition) is 1. The molecule has 2 aliphatic heterocycles. The Kier molecular flexibility index (Phi) is 3.31. The van der Waals surface area contributed by atoms with Gasteiger partial charge in [-0.1, -0.05) is 0 Å². The van der Waals surface area contributed by atoms with Crippen molar-refractivity contribution in [1.82, 2.24) is 5.32 Å². The highest BCUT2D eigenvalue weighted by Gasteiger charge is 2.34. The molecule has 1 N–H and O–H groups in total. The molecule has 2 heterocycles. The molecule has 0 spiro atoms. The third-order valence-corrected chi connectivity index (χ3v) is 4.02. The Morgan fingerprint density at radius 1 is 1.21 bits per heavy atom. The second-order valence-corrected chi connectivity index (χ2v) is 5.33. The number of nitrogens with zero attached hydrogens (tertiary/aromatic N) is 1. The van der Waals surface area contributed by atoms with Crippen LogP contribution in [-0.4, -0.2) is 25.3 Å². The number of ether oxygens (including phenoxy) is 2. The smallest absolute Gasteiger partial charge is 0.162 e. The fraction of sp³-hybridized carbons (Fsp3) is 0.533. The minimum atomic E-state index is 0.251. The summed E-state index contributed by atoms with van der Waals surface area (Å²) in [6.45, 7) is 0. The van der Waals surface area contributed by atoms with Crippen LogP contribution in [0.15, 0.2) is 18.2 Å². The number of methoxy groups -OCH3 is 1. The van der Waals surface area contributed by atoms with Gasteiger partial charge in [-0.05, 0) is 37.8 Å². The number of nitriles is 1. The van der Waals surface area contributed by atoms with Crippen LogP contribution in [0.25, 0.3) is 0 Å². The quantitative estimate of drug-likeness (QED) is 0.903. The maximum atomic E-state index is 8.89. The van der Waals surface area contributed by atoms with Gasteiger partial charge in [0.1, 0.15) is 6.10 Å². The summed E-state index contributed by atoms with van der Waals surface area (Å²) in [5.74, 6) is 1.39. The minimum Gasteiger partial charge on any atom is -0.493 e. The summed E-state index contributed by atoms with van der Waals surface area (Å²) in [6, 6.07) is 8.65. The largest absolute Gasteiger partial charge is 0.493 e. The molecule has 2 fully saturated rings. The molecule has 2 aliphatic rings. The van der Waals surface area contributed by atoms with Crippen molar-refractivity contribution in [3.05, 3.63) is 23.8 Å². The van der Waals surface area contributed by atoms with Crippen molar-refractivity contribution in [2.24, 2.45) is 0 Å². The van der Waals surface area contributed by atoms with Crippen molar-refractivity contribution >= 4 is 0 Å². The second-order valence-electron chi connectivity index (χ2n) is 5.33. The van der Waals surface area contributed by atoms with E-state index < -0.39 is 0 Å². The van der Waals surface area contributed by atoms with E-state index in [9.17, 15) is 0 Å². The Labute approximate surface area is 113 Å². The summed E-state index contributed by atoms with van der Waals surface area (Å²) in [5, 5.41) is 12.5. The van der Waals surface area contributed by atoms with Crippen molar-refractivity contribution in [3.63, 3.8) is 0 Å². The molecule has 0 aliphatic carbocycles. The summed E-state index contributed by atoms with van der Waals surface area (Å²) in [7, 11) is 1.61. The molecule has 1 aromatic rings. The molecule has 2 unspecified atom stereocenters. The van der Waals surface area contributed by atoms with Gasteiger partial charge in [-0.2, -0.15) is 5.26 Å². The predicted molar refractivity (Wildman–Crippen MR) is 71.3 cm³/mol. The number of nitrogens with one attached hydrogen (secondary N) is 1. The van der Waals surface area contributed by atoms with Crippen LogP contribution >= 0.6 is 0 Å². The van der Waals surface area contributed by atoms with E-state index in [4.69, 9.17) is 14.7 Å². The molecule has 0 saturated carbocycles. The number of hydrogen-bond acceptors (Lipinski definition) is 4. The SMILES string of the molecule is COc1cc(C#N)ccc1OC1CC2CCC(C1)N2. The van der Waals surface area contributed by atoms with Crippen LogP contribution in [0.3, 0.4) is 0 Å². The second kappa shape index (κ2) is 5.10. The number of fused-ring (bicyclic) bond motifs is 2. The van der Waals surface area contributed by atoms with Crippen LogP contribution in [0.2, 0.25) is 0 Å². The van der Waals surface area contributed by atoms with Crippen LogP contribution in [0, 0.1) is 11.3 Å². The van der Waals surface area contributed by atoms with Gasteiger partial charge < -0.3 is 14.8 Å². The summed E-state index contributed by atoms with van der Waals surface area (Å²) >= 11 is 0. The molecule has 1 aromatic carbocycles. The van der Waals surface area contributed by atoms with Crippen molar-refractivity contribution in [3.8, 4) is 17.6 Å². The predicted octanol–water partition coefficient (Wildman–Crippen LogP) is 2.23. The van der Waals surface area contributed by atoms with Gasteiger partial charge in [0.15, 0.2) is 11.5 Å². The Morgan fingerprint density at radius 3 is 2.58 bits per heavy atom. The van der Waals surface area contributed by atoms with E-state index in [-0.39, 0.29) is 6.10 Å².